The van der Waals surface area contributed by atoms with Crippen molar-refractivity contribution >= 4 is 22.9 Å². The van der Waals surface area contributed by atoms with E-state index in [4.69, 9.17) is 11.6 Å². The molecule has 4 rings (SSSR count). The lowest BCUT2D eigenvalue weighted by atomic mass is 9.79. The number of nitrogens with one attached hydrogen (secondary N) is 1. The topological polar surface area (TPSA) is 24.9 Å². The first-order valence-electron chi connectivity index (χ1n) is 10.1. The van der Waals surface area contributed by atoms with E-state index in [0.717, 1.165) is 23.3 Å². The highest BCUT2D eigenvalue weighted by molar-refractivity contribution is 7.07. The molecule has 0 aliphatic carbocycles. The smallest absolute Gasteiger partial charge is 0.298 e. The number of alkyl halides is 3. The Morgan fingerprint density at radius 1 is 0.909 bits per heavy atom. The summed E-state index contributed by atoms with van der Waals surface area (Å²) in [6.45, 7) is 0.346. The van der Waals surface area contributed by atoms with Gasteiger partial charge in [0.2, 0.25) is 0 Å². The molecule has 0 saturated heterocycles. The van der Waals surface area contributed by atoms with Gasteiger partial charge in [-0.1, -0.05) is 41.9 Å². The fourth-order valence-electron chi connectivity index (χ4n) is 3.77. The van der Waals surface area contributed by atoms with Gasteiger partial charge in [0.15, 0.2) is 0 Å². The molecule has 1 N–H and O–H groups in total. The molecule has 0 bridgehead atoms. The molecule has 0 aliphatic rings. The number of benzene rings is 2. The molecule has 33 heavy (non-hydrogen) atoms. The van der Waals surface area contributed by atoms with Gasteiger partial charge < -0.3 is 0 Å². The van der Waals surface area contributed by atoms with Crippen molar-refractivity contribution in [2.45, 2.75) is 24.7 Å². The van der Waals surface area contributed by atoms with Gasteiger partial charge in [0.25, 0.3) is 0 Å². The van der Waals surface area contributed by atoms with Crippen molar-refractivity contribution in [3.05, 3.63) is 122 Å². The normalized spacial score (nSPS) is 13.6. The van der Waals surface area contributed by atoms with Gasteiger partial charge >= 0.3 is 6.18 Å². The first kappa shape index (κ1) is 23.4. The SMILES string of the molecule is Fc1cc(C(F)(F)F)cc(C(Cc2ccccc2)(NCc2ccsc2)c2ccc(Cl)cn2)c1. The Hall–Kier alpha value is -2.74. The Balaban J connectivity index is 1.93. The molecule has 2 nitrogen and oxygen atoms in total. The summed E-state index contributed by atoms with van der Waals surface area (Å²) < 4.78 is 55.4. The number of nitrogens with zero attached hydrogens (tertiary/aromatic N) is 1. The van der Waals surface area contributed by atoms with Crippen LogP contribution in [-0.4, -0.2) is 4.98 Å². The summed E-state index contributed by atoms with van der Waals surface area (Å²) in [6.07, 6.45) is -3.02. The lowest BCUT2D eigenvalue weighted by Crippen LogP contribution is -2.46. The van der Waals surface area contributed by atoms with Crippen LogP contribution in [0.2, 0.25) is 5.02 Å². The maximum atomic E-state index is 14.6. The van der Waals surface area contributed by atoms with Gasteiger partial charge in [0.05, 0.1) is 21.8 Å². The fourth-order valence-corrected chi connectivity index (χ4v) is 4.55. The summed E-state index contributed by atoms with van der Waals surface area (Å²) in [5.74, 6) is -0.969. The number of thiophene rings is 1. The second-order valence-electron chi connectivity index (χ2n) is 7.64. The molecule has 1 atom stereocenters. The largest absolute Gasteiger partial charge is 0.416 e. The van der Waals surface area contributed by atoms with E-state index < -0.39 is 23.1 Å². The van der Waals surface area contributed by atoms with Crippen molar-refractivity contribution in [1.29, 1.82) is 0 Å². The summed E-state index contributed by atoms with van der Waals surface area (Å²) in [5, 5.41) is 7.66. The van der Waals surface area contributed by atoms with Crippen LogP contribution in [0, 0.1) is 5.82 Å². The molecule has 0 saturated carbocycles. The van der Waals surface area contributed by atoms with Crippen molar-refractivity contribution in [3.8, 4) is 0 Å². The molecule has 0 radical (unpaired) electrons. The third-order valence-corrected chi connectivity index (χ3v) is 6.32. The van der Waals surface area contributed by atoms with Crippen LogP contribution in [0.5, 0.6) is 0 Å². The van der Waals surface area contributed by atoms with Crippen LogP contribution in [0.15, 0.2) is 83.7 Å². The number of rotatable bonds is 7. The predicted molar refractivity (Wildman–Crippen MR) is 123 cm³/mol. The van der Waals surface area contributed by atoms with E-state index in [9.17, 15) is 17.6 Å². The number of hydrogen-bond acceptors (Lipinski definition) is 3. The summed E-state index contributed by atoms with van der Waals surface area (Å²) in [4.78, 5) is 4.45. The van der Waals surface area contributed by atoms with Crippen LogP contribution in [0.3, 0.4) is 0 Å². The molecule has 2 aromatic heterocycles. The fraction of sp³-hybridized carbons (Fsp3) is 0.160. The number of hydrogen-bond donors (Lipinski definition) is 1. The average Bonchev–Trinajstić information content (AvgIpc) is 3.31. The monoisotopic (exact) mass is 490 g/mol. The van der Waals surface area contributed by atoms with Crippen LogP contribution >= 0.6 is 22.9 Å². The predicted octanol–water partition coefficient (Wildman–Crippen LogP) is 7.23. The van der Waals surface area contributed by atoms with Gasteiger partial charge in [-0.25, -0.2) is 4.39 Å². The van der Waals surface area contributed by atoms with Crippen LogP contribution in [0.25, 0.3) is 0 Å². The van der Waals surface area contributed by atoms with Gasteiger partial charge in [0.1, 0.15) is 5.82 Å². The molecule has 2 heterocycles. The summed E-state index contributed by atoms with van der Waals surface area (Å²) in [5.41, 5.74) is 0.0640. The van der Waals surface area contributed by atoms with E-state index in [1.807, 2.05) is 47.2 Å². The van der Waals surface area contributed by atoms with E-state index >= 15 is 0 Å². The lowest BCUT2D eigenvalue weighted by molar-refractivity contribution is -0.137. The first-order chi connectivity index (χ1) is 15.8. The molecule has 0 aliphatic heterocycles. The van der Waals surface area contributed by atoms with Crippen molar-refractivity contribution in [2.24, 2.45) is 0 Å². The zero-order chi connectivity index (χ0) is 23.5. The summed E-state index contributed by atoms with van der Waals surface area (Å²) in [7, 11) is 0. The van der Waals surface area contributed by atoms with Crippen molar-refractivity contribution in [1.82, 2.24) is 10.3 Å². The Morgan fingerprint density at radius 3 is 2.30 bits per heavy atom. The first-order valence-corrected chi connectivity index (χ1v) is 11.4. The Kier molecular flexibility index (Phi) is 6.83. The van der Waals surface area contributed by atoms with Crippen LogP contribution < -0.4 is 5.32 Å². The van der Waals surface area contributed by atoms with Crippen molar-refractivity contribution < 1.29 is 17.6 Å². The van der Waals surface area contributed by atoms with Crippen molar-refractivity contribution in [3.63, 3.8) is 0 Å². The quantitative estimate of drug-likeness (QED) is 0.276. The van der Waals surface area contributed by atoms with Crippen LogP contribution in [0.1, 0.15) is 27.9 Å². The van der Waals surface area contributed by atoms with E-state index in [0.29, 0.717) is 23.3 Å². The minimum Gasteiger partial charge on any atom is -0.298 e. The molecule has 8 heteroatoms. The maximum absolute atomic E-state index is 14.6. The molecular formula is C25H19ClF4N2S. The standard InChI is InChI=1S/C25H19ClF4N2S/c26-21-6-7-23(31-15-21)24(13-17-4-2-1-3-5-17,32-14-18-8-9-33-16-18)19-10-20(25(28,29)30)12-22(27)11-19/h1-12,15-16,32H,13-14H2. The van der Waals surface area contributed by atoms with Gasteiger partial charge in [-0.3, -0.25) is 10.3 Å². The highest BCUT2D eigenvalue weighted by atomic mass is 35.5. The maximum Gasteiger partial charge on any atom is 0.416 e. The van der Waals surface area contributed by atoms with Gasteiger partial charge in [-0.2, -0.15) is 24.5 Å². The molecule has 0 fully saturated rings. The Labute approximate surface area is 197 Å². The third kappa shape index (κ3) is 5.43. The number of pyridine rings is 1. The number of aromatic nitrogens is 1. The lowest BCUT2D eigenvalue weighted by Gasteiger charge is -2.36. The second-order valence-corrected chi connectivity index (χ2v) is 8.86. The molecule has 0 spiro atoms. The van der Waals surface area contributed by atoms with Crippen LogP contribution in [-0.2, 0) is 24.7 Å². The Morgan fingerprint density at radius 2 is 1.67 bits per heavy atom. The van der Waals surface area contributed by atoms with E-state index in [1.54, 1.807) is 12.1 Å². The minimum atomic E-state index is -4.70. The van der Waals surface area contributed by atoms with E-state index in [1.165, 1.54) is 17.5 Å². The minimum absolute atomic E-state index is 0.128. The number of halogens is 5. The zero-order valence-electron chi connectivity index (χ0n) is 17.2. The molecule has 170 valence electrons. The summed E-state index contributed by atoms with van der Waals surface area (Å²) >= 11 is 7.56. The van der Waals surface area contributed by atoms with Gasteiger partial charge in [0, 0.05) is 19.2 Å². The molecule has 0 amide bonds. The van der Waals surface area contributed by atoms with Gasteiger partial charge in [-0.15, -0.1) is 0 Å². The zero-order valence-corrected chi connectivity index (χ0v) is 18.8. The highest BCUT2D eigenvalue weighted by Gasteiger charge is 2.39. The molecule has 2 aromatic carbocycles. The van der Waals surface area contributed by atoms with E-state index in [-0.39, 0.29) is 12.0 Å². The van der Waals surface area contributed by atoms with Crippen LogP contribution in [0.4, 0.5) is 17.6 Å². The Bertz CT molecular complexity index is 1200. The second kappa shape index (κ2) is 9.63. The third-order valence-electron chi connectivity index (χ3n) is 5.37. The average molecular weight is 491 g/mol. The summed E-state index contributed by atoms with van der Waals surface area (Å²) in [6, 6.07) is 17.1. The van der Waals surface area contributed by atoms with Crippen molar-refractivity contribution in [2.75, 3.05) is 0 Å². The molecular weight excluding hydrogens is 472 g/mol. The van der Waals surface area contributed by atoms with Gasteiger partial charge in [-0.05, 0) is 63.8 Å². The van der Waals surface area contributed by atoms with E-state index in [2.05, 4.69) is 10.3 Å². The molecule has 1 unspecified atom stereocenters. The highest BCUT2D eigenvalue weighted by Crippen LogP contribution is 2.38. The molecule has 4 aromatic rings.